The Bertz CT molecular complexity index is 1090. The zero-order chi connectivity index (χ0) is 21.4. The molecule has 5 nitrogen and oxygen atoms in total. The molecule has 2 N–H and O–H groups in total. The zero-order valence-corrected chi connectivity index (χ0v) is 17.0. The second kappa shape index (κ2) is 7.91. The molecule has 0 aromatic heterocycles. The van der Waals surface area contributed by atoms with Crippen molar-refractivity contribution in [2.75, 3.05) is 6.61 Å². The van der Waals surface area contributed by atoms with Gasteiger partial charge < -0.3 is 15.2 Å². The molecule has 2 atom stereocenters. The Kier molecular flexibility index (Phi) is 4.94. The van der Waals surface area contributed by atoms with Gasteiger partial charge in [-0.15, -0.1) is 0 Å². The minimum absolute atomic E-state index is 0.0400. The molecule has 1 fully saturated rings. The summed E-state index contributed by atoms with van der Waals surface area (Å²) in [6.45, 7) is 0.654. The topological polar surface area (TPSA) is 75.6 Å². The lowest BCUT2D eigenvalue weighted by atomic mass is 9.98. The third-order valence-corrected chi connectivity index (χ3v) is 6.30. The molecule has 0 bridgehead atoms. The van der Waals surface area contributed by atoms with Crippen molar-refractivity contribution >= 4 is 12.1 Å². The highest BCUT2D eigenvalue weighted by molar-refractivity contribution is 5.79. The number of amides is 1. The van der Waals surface area contributed by atoms with Crippen LogP contribution in [0.2, 0.25) is 0 Å². The molecule has 0 heterocycles. The van der Waals surface area contributed by atoms with Crippen molar-refractivity contribution < 1.29 is 19.4 Å². The molecule has 5 heteroatoms. The van der Waals surface area contributed by atoms with Gasteiger partial charge in [0.1, 0.15) is 6.61 Å². The number of aliphatic carboxylic acids is 1. The lowest BCUT2D eigenvalue weighted by Gasteiger charge is -2.14. The van der Waals surface area contributed by atoms with E-state index >= 15 is 0 Å². The van der Waals surface area contributed by atoms with Gasteiger partial charge in [0.05, 0.1) is 5.92 Å². The number of nitrogens with one attached hydrogen (secondary N) is 1. The van der Waals surface area contributed by atoms with Crippen molar-refractivity contribution in [1.82, 2.24) is 5.32 Å². The number of carbonyl (C=O) groups excluding carboxylic acids is 1. The van der Waals surface area contributed by atoms with Crippen LogP contribution in [0.25, 0.3) is 11.1 Å². The van der Waals surface area contributed by atoms with Gasteiger partial charge in [0.2, 0.25) is 0 Å². The molecular weight excluding hydrogens is 390 g/mol. The second-order valence-electron chi connectivity index (χ2n) is 8.21. The van der Waals surface area contributed by atoms with E-state index in [-0.39, 0.29) is 24.4 Å². The minimum atomic E-state index is -0.731. The summed E-state index contributed by atoms with van der Waals surface area (Å²) in [5, 5.41) is 11.9. The van der Waals surface area contributed by atoms with E-state index in [9.17, 15) is 9.59 Å². The van der Waals surface area contributed by atoms with Crippen LogP contribution in [0.4, 0.5) is 4.79 Å². The summed E-state index contributed by atoms with van der Waals surface area (Å²) in [5.74, 6) is -0.837. The zero-order valence-electron chi connectivity index (χ0n) is 17.0. The molecule has 5 rings (SSSR count). The van der Waals surface area contributed by atoms with E-state index in [1.54, 1.807) is 0 Å². The van der Waals surface area contributed by atoms with Gasteiger partial charge >= 0.3 is 12.1 Å². The number of carboxylic acids is 1. The molecule has 0 radical (unpaired) electrons. The van der Waals surface area contributed by atoms with E-state index in [2.05, 4.69) is 29.6 Å². The summed E-state index contributed by atoms with van der Waals surface area (Å²) in [7, 11) is 0. The van der Waals surface area contributed by atoms with E-state index in [0.717, 1.165) is 11.1 Å². The van der Waals surface area contributed by atoms with Crippen LogP contribution in [0.3, 0.4) is 0 Å². The predicted octanol–water partition coefficient (Wildman–Crippen LogP) is 4.91. The molecular formula is C26H23NO4. The lowest BCUT2D eigenvalue weighted by Crippen LogP contribution is -2.25. The van der Waals surface area contributed by atoms with Gasteiger partial charge in [-0.25, -0.2) is 4.79 Å². The van der Waals surface area contributed by atoms with Crippen molar-refractivity contribution in [3.63, 3.8) is 0 Å². The van der Waals surface area contributed by atoms with Gasteiger partial charge in [-0.2, -0.15) is 0 Å². The number of rotatable bonds is 6. The number of carbonyl (C=O) groups is 2. The first-order valence-electron chi connectivity index (χ1n) is 10.5. The Labute approximate surface area is 180 Å². The van der Waals surface area contributed by atoms with Gasteiger partial charge in [-0.1, -0.05) is 72.8 Å². The van der Waals surface area contributed by atoms with Crippen LogP contribution in [-0.2, 0) is 16.1 Å². The number of carboxylic acid groups (broad SMARTS) is 1. The predicted molar refractivity (Wildman–Crippen MR) is 117 cm³/mol. The summed E-state index contributed by atoms with van der Waals surface area (Å²) >= 11 is 0. The maximum absolute atomic E-state index is 12.3. The Hall–Kier alpha value is -3.60. The minimum Gasteiger partial charge on any atom is -0.481 e. The van der Waals surface area contributed by atoms with Crippen molar-refractivity contribution in [1.29, 1.82) is 0 Å². The number of alkyl carbamates (subject to hydrolysis) is 1. The Balaban J connectivity index is 1.16. The molecule has 31 heavy (non-hydrogen) atoms. The van der Waals surface area contributed by atoms with Gasteiger partial charge in [-0.05, 0) is 45.7 Å². The van der Waals surface area contributed by atoms with Gasteiger partial charge in [0, 0.05) is 12.5 Å². The van der Waals surface area contributed by atoms with Crippen molar-refractivity contribution in [2.45, 2.75) is 24.8 Å². The molecule has 0 aliphatic heterocycles. The number of benzene rings is 3. The summed E-state index contributed by atoms with van der Waals surface area (Å²) in [6.07, 6.45) is 0.256. The number of hydrogen-bond acceptors (Lipinski definition) is 3. The Morgan fingerprint density at radius 3 is 2.10 bits per heavy atom. The fourth-order valence-corrected chi connectivity index (χ4v) is 4.54. The molecule has 156 valence electrons. The molecule has 3 aromatic carbocycles. The van der Waals surface area contributed by atoms with E-state index in [1.165, 1.54) is 22.3 Å². The highest BCUT2D eigenvalue weighted by Crippen LogP contribution is 2.47. The van der Waals surface area contributed by atoms with Crippen LogP contribution in [0.5, 0.6) is 0 Å². The molecule has 2 aliphatic carbocycles. The normalized spacial score (nSPS) is 18.7. The van der Waals surface area contributed by atoms with Crippen LogP contribution in [-0.4, -0.2) is 23.8 Å². The van der Waals surface area contributed by atoms with Crippen molar-refractivity contribution in [2.24, 2.45) is 5.92 Å². The SMILES string of the molecule is O=C(NCc1ccc([C@@H]2C[C@H]2C(=O)O)cc1)OCC1c2ccccc2-c2ccccc21. The van der Waals surface area contributed by atoms with Gasteiger partial charge in [-0.3, -0.25) is 4.79 Å². The van der Waals surface area contributed by atoms with Crippen LogP contribution >= 0.6 is 0 Å². The summed E-state index contributed by atoms with van der Waals surface area (Å²) in [4.78, 5) is 23.3. The second-order valence-corrected chi connectivity index (χ2v) is 8.21. The monoisotopic (exact) mass is 413 g/mol. The fraction of sp³-hybridized carbons (Fsp3) is 0.231. The summed E-state index contributed by atoms with van der Waals surface area (Å²) < 4.78 is 5.56. The first-order valence-corrected chi connectivity index (χ1v) is 10.5. The maximum atomic E-state index is 12.3. The third kappa shape index (κ3) is 3.79. The molecule has 1 saturated carbocycles. The van der Waals surface area contributed by atoms with Crippen molar-refractivity contribution in [3.8, 4) is 11.1 Å². The standard InChI is InChI=1S/C26H23NO4/c28-25(29)23-13-22(23)17-11-9-16(10-12-17)14-27-26(30)31-15-24-20-7-3-1-5-18(20)19-6-2-4-8-21(19)24/h1-12,22-24H,13-15H2,(H,27,30)(H,28,29)/t22-,23+/m0/s1. The van der Waals surface area contributed by atoms with E-state index in [1.807, 2.05) is 48.5 Å². The Morgan fingerprint density at radius 2 is 1.52 bits per heavy atom. The highest BCUT2D eigenvalue weighted by Gasteiger charge is 2.44. The molecule has 3 aromatic rings. The highest BCUT2D eigenvalue weighted by atomic mass is 16.5. The summed E-state index contributed by atoms with van der Waals surface area (Å²) in [5.41, 5.74) is 6.77. The smallest absolute Gasteiger partial charge is 0.407 e. The summed E-state index contributed by atoms with van der Waals surface area (Å²) in [6, 6.07) is 24.2. The van der Waals surface area contributed by atoms with Gasteiger partial charge in [0.15, 0.2) is 0 Å². The van der Waals surface area contributed by atoms with E-state index in [0.29, 0.717) is 13.0 Å². The molecule has 2 aliphatic rings. The Morgan fingerprint density at radius 1 is 0.903 bits per heavy atom. The van der Waals surface area contributed by atoms with Gasteiger partial charge in [0.25, 0.3) is 0 Å². The van der Waals surface area contributed by atoms with Crippen LogP contribution < -0.4 is 5.32 Å². The molecule has 1 amide bonds. The molecule has 0 spiro atoms. The van der Waals surface area contributed by atoms with E-state index in [4.69, 9.17) is 9.84 Å². The van der Waals surface area contributed by atoms with E-state index < -0.39 is 12.1 Å². The number of ether oxygens (including phenoxy) is 1. The number of hydrogen-bond donors (Lipinski definition) is 2. The maximum Gasteiger partial charge on any atom is 0.407 e. The largest absolute Gasteiger partial charge is 0.481 e. The van der Waals surface area contributed by atoms with Crippen molar-refractivity contribution in [3.05, 3.63) is 95.1 Å². The average Bonchev–Trinajstić information content (AvgIpc) is 3.54. The first-order chi connectivity index (χ1) is 15.1. The van der Waals surface area contributed by atoms with Crippen LogP contribution in [0, 0.1) is 5.92 Å². The van der Waals surface area contributed by atoms with Crippen LogP contribution in [0.1, 0.15) is 40.5 Å². The lowest BCUT2D eigenvalue weighted by molar-refractivity contribution is -0.138. The third-order valence-electron chi connectivity index (χ3n) is 6.30. The average molecular weight is 413 g/mol. The van der Waals surface area contributed by atoms with Crippen LogP contribution in [0.15, 0.2) is 72.8 Å². The fourth-order valence-electron chi connectivity index (χ4n) is 4.54. The molecule has 0 unspecified atom stereocenters. The molecule has 0 saturated heterocycles. The quantitative estimate of drug-likeness (QED) is 0.602. The number of fused-ring (bicyclic) bond motifs is 3. The first kappa shape index (κ1) is 19.4.